The molecule has 0 unspecified atom stereocenters. The van der Waals surface area contributed by atoms with Gasteiger partial charge in [-0.25, -0.2) is 4.98 Å². The molecular formula is C21H17N3O3S. The normalized spacial score (nSPS) is 10.8. The van der Waals surface area contributed by atoms with Crippen molar-refractivity contribution >= 4 is 28.6 Å². The van der Waals surface area contributed by atoms with Gasteiger partial charge in [0.15, 0.2) is 0 Å². The number of ether oxygens (including phenoxy) is 1. The van der Waals surface area contributed by atoms with Crippen LogP contribution in [-0.4, -0.2) is 15.3 Å². The molecule has 0 aliphatic heterocycles. The number of pyridine rings is 1. The van der Waals surface area contributed by atoms with Crippen LogP contribution in [0.25, 0.3) is 5.65 Å². The zero-order chi connectivity index (χ0) is 19.5. The van der Waals surface area contributed by atoms with Crippen molar-refractivity contribution in [2.45, 2.75) is 13.5 Å². The van der Waals surface area contributed by atoms with E-state index >= 15 is 0 Å². The maximum atomic E-state index is 12.3. The molecule has 0 saturated carbocycles. The molecule has 1 aromatic carbocycles. The Morgan fingerprint density at radius 2 is 2.07 bits per heavy atom. The summed E-state index contributed by atoms with van der Waals surface area (Å²) in [5.74, 6) is 0.419. The molecular weight excluding hydrogens is 374 g/mol. The number of anilines is 1. The predicted octanol–water partition coefficient (Wildman–Crippen LogP) is 3.90. The minimum Gasteiger partial charge on any atom is -0.487 e. The van der Waals surface area contributed by atoms with Crippen molar-refractivity contribution in [3.8, 4) is 5.75 Å². The third-order valence-corrected chi connectivity index (χ3v) is 5.03. The van der Waals surface area contributed by atoms with Crippen molar-refractivity contribution in [2.24, 2.45) is 0 Å². The molecule has 3 heterocycles. The standard InChI is InChI=1S/C21H17N3O3S/c1-14-5-3-9-24-19(25)12-16(22-20(14)24)13-27-17-7-2-6-15(11-17)23-21(26)18-8-4-10-28-18/h2-12H,13H2,1H3,(H,23,26). The number of aromatic nitrogens is 2. The van der Waals surface area contributed by atoms with Crippen LogP contribution in [0, 0.1) is 6.92 Å². The van der Waals surface area contributed by atoms with Gasteiger partial charge in [0.2, 0.25) is 0 Å². The molecule has 0 atom stereocenters. The zero-order valence-corrected chi connectivity index (χ0v) is 15.9. The quantitative estimate of drug-likeness (QED) is 0.560. The lowest BCUT2D eigenvalue weighted by Gasteiger charge is -2.10. The summed E-state index contributed by atoms with van der Waals surface area (Å²) in [5.41, 5.74) is 2.57. The summed E-state index contributed by atoms with van der Waals surface area (Å²) in [6, 6.07) is 15.9. The number of nitrogens with one attached hydrogen (secondary N) is 1. The predicted molar refractivity (Wildman–Crippen MR) is 109 cm³/mol. The van der Waals surface area contributed by atoms with Crippen LogP contribution in [0.1, 0.15) is 20.9 Å². The first-order chi connectivity index (χ1) is 13.6. The van der Waals surface area contributed by atoms with Crippen molar-refractivity contribution < 1.29 is 9.53 Å². The van der Waals surface area contributed by atoms with E-state index in [1.54, 1.807) is 36.5 Å². The van der Waals surface area contributed by atoms with Crippen molar-refractivity contribution in [3.63, 3.8) is 0 Å². The molecule has 28 heavy (non-hydrogen) atoms. The van der Waals surface area contributed by atoms with Gasteiger partial charge in [-0.05, 0) is 42.1 Å². The maximum Gasteiger partial charge on any atom is 0.265 e. The highest BCUT2D eigenvalue weighted by atomic mass is 32.1. The fraction of sp³-hybridized carbons (Fsp3) is 0.0952. The monoisotopic (exact) mass is 391 g/mol. The Morgan fingerprint density at radius 1 is 1.18 bits per heavy atom. The van der Waals surface area contributed by atoms with Crippen LogP contribution in [-0.2, 0) is 6.61 Å². The Hall–Kier alpha value is -3.45. The number of rotatable bonds is 5. The SMILES string of the molecule is Cc1cccn2c(=O)cc(COc3cccc(NC(=O)c4cccs4)c3)nc12. The first-order valence-corrected chi connectivity index (χ1v) is 9.54. The molecule has 0 aliphatic rings. The minimum atomic E-state index is -0.160. The van der Waals surface area contributed by atoms with E-state index in [9.17, 15) is 9.59 Å². The van der Waals surface area contributed by atoms with E-state index in [1.165, 1.54) is 21.8 Å². The molecule has 0 fully saturated rings. The lowest BCUT2D eigenvalue weighted by atomic mass is 10.3. The van der Waals surface area contributed by atoms with E-state index < -0.39 is 0 Å². The molecule has 7 heteroatoms. The average molecular weight is 391 g/mol. The minimum absolute atomic E-state index is 0.149. The third-order valence-electron chi connectivity index (χ3n) is 4.16. The molecule has 0 spiro atoms. The van der Waals surface area contributed by atoms with Crippen molar-refractivity contribution in [1.29, 1.82) is 0 Å². The number of fused-ring (bicyclic) bond motifs is 1. The lowest BCUT2D eigenvalue weighted by Crippen LogP contribution is -2.17. The number of nitrogens with zero attached hydrogens (tertiary/aromatic N) is 2. The number of amides is 1. The van der Waals surface area contributed by atoms with Gasteiger partial charge in [0, 0.05) is 24.0 Å². The van der Waals surface area contributed by atoms with Crippen molar-refractivity contribution in [3.05, 3.63) is 92.7 Å². The summed E-state index contributed by atoms with van der Waals surface area (Å²) in [6.45, 7) is 2.06. The van der Waals surface area contributed by atoms with Crippen LogP contribution >= 0.6 is 11.3 Å². The zero-order valence-electron chi connectivity index (χ0n) is 15.1. The van der Waals surface area contributed by atoms with E-state index in [4.69, 9.17) is 4.74 Å². The van der Waals surface area contributed by atoms with Gasteiger partial charge < -0.3 is 10.1 Å². The van der Waals surface area contributed by atoms with E-state index in [0.29, 0.717) is 27.7 Å². The summed E-state index contributed by atoms with van der Waals surface area (Å²) < 4.78 is 7.30. The molecule has 1 N–H and O–H groups in total. The van der Waals surface area contributed by atoms with Gasteiger partial charge in [0.1, 0.15) is 18.0 Å². The molecule has 0 saturated heterocycles. The number of carbonyl (C=O) groups is 1. The Morgan fingerprint density at radius 3 is 2.89 bits per heavy atom. The summed E-state index contributed by atoms with van der Waals surface area (Å²) in [7, 11) is 0. The van der Waals surface area contributed by atoms with Gasteiger partial charge in [-0.1, -0.05) is 18.2 Å². The van der Waals surface area contributed by atoms with Gasteiger partial charge in [-0.15, -0.1) is 11.3 Å². The highest BCUT2D eigenvalue weighted by molar-refractivity contribution is 7.12. The second-order valence-corrected chi connectivity index (χ2v) is 7.17. The molecule has 1 amide bonds. The molecule has 0 aliphatic carbocycles. The molecule has 6 nitrogen and oxygen atoms in total. The Kier molecular flexibility index (Phi) is 4.90. The van der Waals surface area contributed by atoms with Gasteiger partial charge >= 0.3 is 0 Å². The smallest absolute Gasteiger partial charge is 0.265 e. The van der Waals surface area contributed by atoms with Crippen LogP contribution < -0.4 is 15.6 Å². The van der Waals surface area contributed by atoms with Gasteiger partial charge in [-0.2, -0.15) is 0 Å². The summed E-state index contributed by atoms with van der Waals surface area (Å²) in [5, 5.41) is 4.70. The summed E-state index contributed by atoms with van der Waals surface area (Å²) >= 11 is 1.38. The van der Waals surface area contributed by atoms with Crippen molar-refractivity contribution in [1.82, 2.24) is 9.38 Å². The maximum absolute atomic E-state index is 12.3. The molecule has 4 rings (SSSR count). The molecule has 0 bridgehead atoms. The largest absolute Gasteiger partial charge is 0.487 e. The highest BCUT2D eigenvalue weighted by Crippen LogP contribution is 2.20. The molecule has 4 aromatic rings. The summed E-state index contributed by atoms with van der Waals surface area (Å²) in [4.78, 5) is 29.6. The first kappa shape index (κ1) is 17.9. The van der Waals surface area contributed by atoms with Gasteiger partial charge in [0.25, 0.3) is 11.5 Å². The number of thiophene rings is 1. The number of aryl methyl sites for hydroxylation is 1. The molecule has 140 valence electrons. The van der Waals surface area contributed by atoms with Crippen molar-refractivity contribution in [2.75, 3.05) is 5.32 Å². The molecule has 3 aromatic heterocycles. The Bertz CT molecular complexity index is 1200. The van der Waals surface area contributed by atoms with E-state index in [-0.39, 0.29) is 18.1 Å². The van der Waals surface area contributed by atoms with E-state index in [0.717, 1.165) is 5.56 Å². The number of hydrogen-bond acceptors (Lipinski definition) is 5. The number of benzene rings is 1. The van der Waals surface area contributed by atoms with Crippen LogP contribution in [0.2, 0.25) is 0 Å². The van der Waals surface area contributed by atoms with Gasteiger partial charge in [0.05, 0.1) is 10.6 Å². The second kappa shape index (κ2) is 7.66. The fourth-order valence-corrected chi connectivity index (χ4v) is 3.42. The average Bonchev–Trinajstić information content (AvgIpc) is 3.23. The first-order valence-electron chi connectivity index (χ1n) is 8.66. The number of carbonyl (C=O) groups excluding carboxylic acids is 1. The highest BCUT2D eigenvalue weighted by Gasteiger charge is 2.08. The fourth-order valence-electron chi connectivity index (χ4n) is 2.80. The van der Waals surface area contributed by atoms with E-state index in [1.807, 2.05) is 30.5 Å². The van der Waals surface area contributed by atoms with Crippen LogP contribution in [0.5, 0.6) is 5.75 Å². The number of hydrogen-bond donors (Lipinski definition) is 1. The van der Waals surface area contributed by atoms with Crippen LogP contribution in [0.15, 0.2) is 71.0 Å². The molecule has 0 radical (unpaired) electrons. The Labute approximate surface area is 165 Å². The third kappa shape index (κ3) is 3.79. The second-order valence-electron chi connectivity index (χ2n) is 6.22. The van der Waals surface area contributed by atoms with Crippen LogP contribution in [0.4, 0.5) is 5.69 Å². The topological polar surface area (TPSA) is 72.7 Å². The van der Waals surface area contributed by atoms with E-state index in [2.05, 4.69) is 10.3 Å². The van der Waals surface area contributed by atoms with Crippen LogP contribution in [0.3, 0.4) is 0 Å². The summed E-state index contributed by atoms with van der Waals surface area (Å²) in [6.07, 6.45) is 1.70. The lowest BCUT2D eigenvalue weighted by molar-refractivity contribution is 0.103. The van der Waals surface area contributed by atoms with Gasteiger partial charge in [-0.3, -0.25) is 14.0 Å². The Balaban J connectivity index is 1.50.